The Morgan fingerprint density at radius 2 is 1.81 bits per heavy atom. The van der Waals surface area contributed by atoms with Crippen LogP contribution < -0.4 is 10.2 Å². The molecule has 0 aromatic heterocycles. The van der Waals surface area contributed by atoms with Crippen LogP contribution in [-0.2, 0) is 6.54 Å². The van der Waals surface area contributed by atoms with Gasteiger partial charge < -0.3 is 15.1 Å². The van der Waals surface area contributed by atoms with Crippen molar-refractivity contribution in [1.29, 1.82) is 0 Å². The Hall–Kier alpha value is -2.63. The van der Waals surface area contributed by atoms with Crippen molar-refractivity contribution < 1.29 is 13.6 Å². The van der Waals surface area contributed by atoms with Gasteiger partial charge in [0, 0.05) is 32.7 Å². The second-order valence-corrected chi connectivity index (χ2v) is 6.94. The SMILES string of the molecule is CN(CCCNC(=O)N(Cc1ccc(F)cc1)C1CC1)c1ccccc1F. The first-order valence-electron chi connectivity index (χ1n) is 9.29. The molecular weight excluding hydrogens is 348 g/mol. The van der Waals surface area contributed by atoms with Gasteiger partial charge in [0.15, 0.2) is 0 Å². The largest absolute Gasteiger partial charge is 0.372 e. The van der Waals surface area contributed by atoms with Crippen molar-refractivity contribution in [1.82, 2.24) is 10.2 Å². The first-order chi connectivity index (χ1) is 13.0. The predicted octanol–water partition coefficient (Wildman–Crippen LogP) is 4.17. The highest BCUT2D eigenvalue weighted by atomic mass is 19.1. The number of carbonyl (C=O) groups is 1. The van der Waals surface area contributed by atoms with Gasteiger partial charge in [-0.05, 0) is 49.1 Å². The van der Waals surface area contributed by atoms with Crippen molar-refractivity contribution in [3.05, 3.63) is 65.7 Å². The summed E-state index contributed by atoms with van der Waals surface area (Å²) >= 11 is 0. The molecule has 1 N–H and O–H groups in total. The Labute approximate surface area is 158 Å². The van der Waals surface area contributed by atoms with E-state index in [1.54, 1.807) is 30.3 Å². The lowest BCUT2D eigenvalue weighted by Crippen LogP contribution is -2.41. The first kappa shape index (κ1) is 19.1. The number of para-hydroxylation sites is 1. The van der Waals surface area contributed by atoms with Gasteiger partial charge >= 0.3 is 6.03 Å². The van der Waals surface area contributed by atoms with Gasteiger partial charge in [-0.3, -0.25) is 0 Å². The van der Waals surface area contributed by atoms with E-state index in [0.717, 1.165) is 18.4 Å². The molecule has 0 aliphatic heterocycles. The van der Waals surface area contributed by atoms with Crippen molar-refractivity contribution in [3.63, 3.8) is 0 Å². The van der Waals surface area contributed by atoms with E-state index in [-0.39, 0.29) is 23.7 Å². The van der Waals surface area contributed by atoms with E-state index in [4.69, 9.17) is 0 Å². The van der Waals surface area contributed by atoms with Crippen molar-refractivity contribution in [2.45, 2.75) is 31.8 Å². The van der Waals surface area contributed by atoms with Crippen LogP contribution in [0.2, 0.25) is 0 Å². The van der Waals surface area contributed by atoms with E-state index in [2.05, 4.69) is 5.32 Å². The molecule has 144 valence electrons. The van der Waals surface area contributed by atoms with Crippen LogP contribution in [-0.4, -0.2) is 37.1 Å². The standard InChI is InChI=1S/C21H25F2N3O/c1-25(20-6-3-2-5-19(20)23)14-4-13-24-21(27)26(18-11-12-18)15-16-7-9-17(22)10-8-16/h2-3,5-10,18H,4,11-15H2,1H3,(H,24,27). The first-order valence-corrected chi connectivity index (χ1v) is 9.29. The highest BCUT2D eigenvalue weighted by Gasteiger charge is 2.32. The Bertz CT molecular complexity index is 762. The minimum Gasteiger partial charge on any atom is -0.372 e. The average molecular weight is 373 g/mol. The normalized spacial score (nSPS) is 13.3. The summed E-state index contributed by atoms with van der Waals surface area (Å²) in [5.74, 6) is -0.525. The summed E-state index contributed by atoms with van der Waals surface area (Å²) in [7, 11) is 1.84. The maximum absolute atomic E-state index is 13.8. The smallest absolute Gasteiger partial charge is 0.317 e. The molecular formula is C21H25F2N3O. The third-order valence-corrected chi connectivity index (χ3v) is 4.72. The van der Waals surface area contributed by atoms with Crippen LogP contribution in [0, 0.1) is 11.6 Å². The van der Waals surface area contributed by atoms with Gasteiger partial charge in [-0.1, -0.05) is 24.3 Å². The van der Waals surface area contributed by atoms with E-state index in [1.807, 2.05) is 16.8 Å². The molecule has 6 heteroatoms. The molecule has 0 unspecified atom stereocenters. The molecule has 1 aliphatic rings. The highest BCUT2D eigenvalue weighted by molar-refractivity contribution is 5.74. The number of rotatable bonds is 8. The minimum atomic E-state index is -0.278. The monoisotopic (exact) mass is 373 g/mol. The third kappa shape index (κ3) is 5.42. The number of carbonyl (C=O) groups excluding carboxylic acids is 1. The summed E-state index contributed by atoms with van der Waals surface area (Å²) in [6.07, 6.45) is 2.72. The van der Waals surface area contributed by atoms with E-state index in [9.17, 15) is 13.6 Å². The number of hydrogen-bond donors (Lipinski definition) is 1. The number of nitrogens with zero attached hydrogens (tertiary/aromatic N) is 2. The van der Waals surface area contributed by atoms with Gasteiger partial charge in [-0.15, -0.1) is 0 Å². The molecule has 0 bridgehead atoms. The van der Waals surface area contributed by atoms with Crippen molar-refractivity contribution in [3.8, 4) is 0 Å². The lowest BCUT2D eigenvalue weighted by Gasteiger charge is -2.24. The van der Waals surface area contributed by atoms with Gasteiger partial charge in [0.05, 0.1) is 5.69 Å². The number of hydrogen-bond acceptors (Lipinski definition) is 2. The van der Waals surface area contributed by atoms with Gasteiger partial charge in [-0.25, -0.2) is 13.6 Å². The Morgan fingerprint density at radius 1 is 1.11 bits per heavy atom. The molecule has 2 aromatic rings. The summed E-state index contributed by atoms with van der Waals surface area (Å²) in [4.78, 5) is 16.2. The number of anilines is 1. The molecule has 0 spiro atoms. The molecule has 1 fully saturated rings. The molecule has 2 amide bonds. The molecule has 2 aromatic carbocycles. The van der Waals surface area contributed by atoms with Crippen LogP contribution in [0.25, 0.3) is 0 Å². The van der Waals surface area contributed by atoms with E-state index in [1.165, 1.54) is 18.2 Å². The topological polar surface area (TPSA) is 35.6 Å². The third-order valence-electron chi connectivity index (χ3n) is 4.72. The summed E-state index contributed by atoms with van der Waals surface area (Å²) < 4.78 is 26.8. The molecule has 0 heterocycles. The van der Waals surface area contributed by atoms with Gasteiger partial charge in [0.25, 0.3) is 0 Å². The van der Waals surface area contributed by atoms with Gasteiger partial charge in [0.2, 0.25) is 0 Å². The van der Waals surface area contributed by atoms with Gasteiger partial charge in [-0.2, -0.15) is 0 Å². The molecule has 0 atom stereocenters. The predicted molar refractivity (Wildman–Crippen MR) is 103 cm³/mol. The second kappa shape index (κ2) is 8.84. The number of nitrogens with one attached hydrogen (secondary N) is 1. The van der Waals surface area contributed by atoms with Gasteiger partial charge in [0.1, 0.15) is 11.6 Å². The number of benzene rings is 2. The van der Waals surface area contributed by atoms with Crippen LogP contribution in [0.1, 0.15) is 24.8 Å². The molecule has 1 saturated carbocycles. The fraction of sp³-hybridized carbons (Fsp3) is 0.381. The highest BCUT2D eigenvalue weighted by Crippen LogP contribution is 2.28. The lowest BCUT2D eigenvalue weighted by molar-refractivity contribution is 0.192. The maximum Gasteiger partial charge on any atom is 0.317 e. The Morgan fingerprint density at radius 3 is 2.48 bits per heavy atom. The fourth-order valence-electron chi connectivity index (χ4n) is 3.03. The lowest BCUT2D eigenvalue weighted by atomic mass is 10.2. The summed E-state index contributed by atoms with van der Waals surface area (Å²) in [5, 5.41) is 2.95. The van der Waals surface area contributed by atoms with Crippen LogP contribution >= 0.6 is 0 Å². The minimum absolute atomic E-state index is 0.102. The Kier molecular flexibility index (Phi) is 6.27. The fourth-order valence-corrected chi connectivity index (χ4v) is 3.03. The zero-order valence-electron chi connectivity index (χ0n) is 15.5. The van der Waals surface area contributed by atoms with Crippen LogP contribution in [0.4, 0.5) is 19.3 Å². The molecule has 27 heavy (non-hydrogen) atoms. The second-order valence-electron chi connectivity index (χ2n) is 6.94. The Balaban J connectivity index is 1.45. The van der Waals surface area contributed by atoms with Crippen molar-refractivity contribution in [2.24, 2.45) is 0 Å². The van der Waals surface area contributed by atoms with E-state index < -0.39 is 0 Å². The summed E-state index contributed by atoms with van der Waals surface area (Å²) in [6, 6.07) is 13.1. The molecule has 4 nitrogen and oxygen atoms in total. The number of urea groups is 1. The maximum atomic E-state index is 13.8. The van der Waals surface area contributed by atoms with E-state index >= 15 is 0 Å². The molecule has 0 saturated heterocycles. The summed E-state index contributed by atoms with van der Waals surface area (Å²) in [6.45, 7) is 1.64. The average Bonchev–Trinajstić information content (AvgIpc) is 3.50. The number of halogens is 2. The van der Waals surface area contributed by atoms with Crippen molar-refractivity contribution in [2.75, 3.05) is 25.0 Å². The van der Waals surface area contributed by atoms with Crippen LogP contribution in [0.15, 0.2) is 48.5 Å². The summed E-state index contributed by atoms with van der Waals surface area (Å²) in [5.41, 5.74) is 1.47. The zero-order valence-corrected chi connectivity index (χ0v) is 15.5. The van der Waals surface area contributed by atoms with Crippen LogP contribution in [0.5, 0.6) is 0 Å². The molecule has 3 rings (SSSR count). The molecule has 0 radical (unpaired) electrons. The number of amides is 2. The van der Waals surface area contributed by atoms with Crippen molar-refractivity contribution >= 4 is 11.7 Å². The van der Waals surface area contributed by atoms with E-state index in [0.29, 0.717) is 31.7 Å². The zero-order chi connectivity index (χ0) is 19.2. The quantitative estimate of drug-likeness (QED) is 0.705. The van der Waals surface area contributed by atoms with Crippen LogP contribution in [0.3, 0.4) is 0 Å². The molecule has 1 aliphatic carbocycles.